The van der Waals surface area contributed by atoms with Crippen molar-refractivity contribution >= 4 is 12.2 Å². The van der Waals surface area contributed by atoms with Gasteiger partial charge < -0.3 is 14.4 Å². The summed E-state index contributed by atoms with van der Waals surface area (Å²) in [5, 5.41) is 8.75. The zero-order valence-corrected chi connectivity index (χ0v) is 24.9. The van der Waals surface area contributed by atoms with E-state index in [0.29, 0.717) is 18.9 Å². The number of benzene rings is 1. The molecular weight excluding hydrogens is 534 g/mol. The molecule has 42 heavy (non-hydrogen) atoms. The standard InChI is InChI=1S/C31H37N7O4/c1-30(2,3)41-28(39)36-12-10-26(11-13-36)37-19-25(18-34-37)23-15-32-27(33-16-23)22-9-7-8-21(14-22)24-17-35-38(20-24)29(40)42-31(4,5)6/h7-9,14-20,26H,10-13H2,1-6H3. The number of aromatic nitrogens is 6. The largest absolute Gasteiger partial charge is 0.444 e. The summed E-state index contributed by atoms with van der Waals surface area (Å²) in [5.41, 5.74) is 3.20. The molecule has 1 amide bonds. The number of nitrogens with zero attached hydrogens (tertiary/aromatic N) is 7. The number of hydrogen-bond acceptors (Lipinski definition) is 8. The molecule has 0 saturated carbocycles. The van der Waals surface area contributed by atoms with Gasteiger partial charge in [0.2, 0.25) is 0 Å². The van der Waals surface area contributed by atoms with Gasteiger partial charge in [0.05, 0.1) is 18.4 Å². The van der Waals surface area contributed by atoms with Crippen molar-refractivity contribution < 1.29 is 19.1 Å². The van der Waals surface area contributed by atoms with Gasteiger partial charge in [-0.05, 0) is 66.0 Å². The number of likely N-dealkylation sites (tertiary alicyclic amines) is 1. The summed E-state index contributed by atoms with van der Waals surface area (Å²) in [4.78, 5) is 35.7. The molecule has 3 aromatic heterocycles. The van der Waals surface area contributed by atoms with Gasteiger partial charge in [-0.2, -0.15) is 14.9 Å². The molecule has 0 atom stereocenters. The highest BCUT2D eigenvalue weighted by molar-refractivity contribution is 5.74. The number of hydrogen-bond donors (Lipinski definition) is 0. The number of carbonyl (C=O) groups is 2. The molecule has 1 aliphatic rings. The topological polar surface area (TPSA) is 117 Å². The SMILES string of the molecule is CC(C)(C)OC(=O)N1CCC(n2cc(-c3cnc(-c4cccc(-c5cnn(C(=O)OC(C)(C)C)c5)c4)nc3)cn2)CC1. The van der Waals surface area contributed by atoms with E-state index in [1.165, 1.54) is 4.68 Å². The lowest BCUT2D eigenvalue weighted by Gasteiger charge is -2.33. The van der Waals surface area contributed by atoms with Crippen LogP contribution in [-0.2, 0) is 9.47 Å². The summed E-state index contributed by atoms with van der Waals surface area (Å²) < 4.78 is 14.1. The van der Waals surface area contributed by atoms with E-state index < -0.39 is 17.3 Å². The summed E-state index contributed by atoms with van der Waals surface area (Å²) >= 11 is 0. The summed E-state index contributed by atoms with van der Waals surface area (Å²) in [7, 11) is 0. The van der Waals surface area contributed by atoms with Gasteiger partial charge in [-0.15, -0.1) is 0 Å². The smallest absolute Gasteiger partial charge is 0.435 e. The zero-order valence-electron chi connectivity index (χ0n) is 24.9. The molecule has 1 aromatic carbocycles. The van der Waals surface area contributed by atoms with Crippen LogP contribution in [0, 0.1) is 0 Å². The van der Waals surface area contributed by atoms with Crippen LogP contribution in [-0.4, -0.2) is 70.9 Å². The minimum Gasteiger partial charge on any atom is -0.444 e. The summed E-state index contributed by atoms with van der Waals surface area (Å²) in [6, 6.07) is 7.98. The van der Waals surface area contributed by atoms with E-state index in [1.807, 2.05) is 82.9 Å². The Bertz CT molecular complexity index is 1550. The van der Waals surface area contributed by atoms with E-state index in [4.69, 9.17) is 9.47 Å². The van der Waals surface area contributed by atoms with Crippen LogP contribution in [0.5, 0.6) is 0 Å². The Labute approximate surface area is 245 Å². The maximum Gasteiger partial charge on any atom is 0.435 e. The van der Waals surface area contributed by atoms with Gasteiger partial charge in [-0.3, -0.25) is 4.68 Å². The Hall–Kier alpha value is -4.54. The van der Waals surface area contributed by atoms with Gasteiger partial charge >= 0.3 is 12.2 Å². The Kier molecular flexibility index (Phi) is 7.85. The molecule has 0 aliphatic carbocycles. The molecule has 4 aromatic rings. The highest BCUT2D eigenvalue weighted by Crippen LogP contribution is 2.28. The Morgan fingerprint density at radius 2 is 1.33 bits per heavy atom. The van der Waals surface area contributed by atoms with E-state index in [1.54, 1.807) is 29.7 Å². The maximum atomic E-state index is 12.4. The Morgan fingerprint density at radius 1 is 0.738 bits per heavy atom. The molecule has 0 unspecified atom stereocenters. The molecular formula is C31H37N7O4. The van der Waals surface area contributed by atoms with Crippen molar-refractivity contribution in [3.8, 4) is 33.6 Å². The molecule has 220 valence electrons. The van der Waals surface area contributed by atoms with Gasteiger partial charge in [-0.25, -0.2) is 19.6 Å². The predicted molar refractivity (Wildman–Crippen MR) is 158 cm³/mol. The lowest BCUT2D eigenvalue weighted by Crippen LogP contribution is -2.42. The quantitative estimate of drug-likeness (QED) is 0.283. The van der Waals surface area contributed by atoms with Crippen LogP contribution in [0.2, 0.25) is 0 Å². The molecule has 0 spiro atoms. The molecule has 1 saturated heterocycles. The maximum absolute atomic E-state index is 12.4. The third-order valence-electron chi connectivity index (χ3n) is 6.69. The lowest BCUT2D eigenvalue weighted by atomic mass is 10.1. The monoisotopic (exact) mass is 571 g/mol. The molecule has 0 N–H and O–H groups in total. The molecule has 1 aliphatic heterocycles. The first-order valence-electron chi connectivity index (χ1n) is 14.1. The summed E-state index contributed by atoms with van der Waals surface area (Å²) in [6.45, 7) is 12.3. The first-order valence-corrected chi connectivity index (χ1v) is 14.1. The molecule has 0 radical (unpaired) electrons. The van der Waals surface area contributed by atoms with E-state index in [0.717, 1.165) is 40.7 Å². The fourth-order valence-corrected chi connectivity index (χ4v) is 4.67. The Balaban J connectivity index is 1.23. The zero-order chi connectivity index (χ0) is 30.1. The predicted octanol–water partition coefficient (Wildman–Crippen LogP) is 6.23. The molecule has 11 nitrogen and oxygen atoms in total. The highest BCUT2D eigenvalue weighted by Gasteiger charge is 2.28. The van der Waals surface area contributed by atoms with Gasteiger partial charge in [-0.1, -0.05) is 18.2 Å². The van der Waals surface area contributed by atoms with Crippen LogP contribution in [0.3, 0.4) is 0 Å². The van der Waals surface area contributed by atoms with E-state index >= 15 is 0 Å². The first-order chi connectivity index (χ1) is 19.8. The second kappa shape index (κ2) is 11.4. The van der Waals surface area contributed by atoms with Crippen LogP contribution >= 0.6 is 0 Å². The van der Waals surface area contributed by atoms with Crippen LogP contribution in [0.4, 0.5) is 9.59 Å². The van der Waals surface area contributed by atoms with E-state index in [2.05, 4.69) is 20.2 Å². The van der Waals surface area contributed by atoms with Crippen molar-refractivity contribution in [2.24, 2.45) is 0 Å². The van der Waals surface area contributed by atoms with Crippen LogP contribution < -0.4 is 0 Å². The number of carbonyl (C=O) groups excluding carboxylic acids is 2. The number of rotatable bonds is 4. The highest BCUT2D eigenvalue weighted by atomic mass is 16.6. The third kappa shape index (κ3) is 7.02. The van der Waals surface area contributed by atoms with Crippen molar-refractivity contribution in [2.75, 3.05) is 13.1 Å². The fraction of sp³-hybridized carbons (Fsp3) is 0.419. The van der Waals surface area contributed by atoms with Crippen molar-refractivity contribution in [3.63, 3.8) is 0 Å². The van der Waals surface area contributed by atoms with Crippen LogP contribution in [0.25, 0.3) is 33.6 Å². The van der Waals surface area contributed by atoms with Crippen molar-refractivity contribution in [1.29, 1.82) is 0 Å². The molecule has 5 rings (SSSR count). The average molecular weight is 572 g/mol. The summed E-state index contributed by atoms with van der Waals surface area (Å²) in [5.74, 6) is 0.585. The summed E-state index contributed by atoms with van der Waals surface area (Å²) in [6.07, 6.45) is 11.5. The number of piperidine rings is 1. The molecule has 4 heterocycles. The van der Waals surface area contributed by atoms with E-state index in [-0.39, 0.29) is 12.1 Å². The van der Waals surface area contributed by atoms with Gasteiger partial charge in [0.15, 0.2) is 5.82 Å². The normalized spacial score (nSPS) is 14.6. The van der Waals surface area contributed by atoms with E-state index in [9.17, 15) is 9.59 Å². The van der Waals surface area contributed by atoms with Gasteiger partial charge in [0, 0.05) is 60.1 Å². The molecule has 1 fully saturated rings. The minimum atomic E-state index is -0.605. The second-order valence-electron chi connectivity index (χ2n) is 12.4. The fourth-order valence-electron chi connectivity index (χ4n) is 4.67. The molecule has 11 heteroatoms. The van der Waals surface area contributed by atoms with Crippen molar-refractivity contribution in [1.82, 2.24) is 34.4 Å². The van der Waals surface area contributed by atoms with Crippen molar-refractivity contribution in [2.45, 2.75) is 71.6 Å². The van der Waals surface area contributed by atoms with Gasteiger partial charge in [0.25, 0.3) is 0 Å². The number of ether oxygens (including phenoxy) is 2. The molecule has 0 bridgehead atoms. The first kappa shape index (κ1) is 29.0. The average Bonchev–Trinajstić information content (AvgIpc) is 3.63. The van der Waals surface area contributed by atoms with Gasteiger partial charge in [0.1, 0.15) is 11.2 Å². The lowest BCUT2D eigenvalue weighted by molar-refractivity contribution is 0.0184. The third-order valence-corrected chi connectivity index (χ3v) is 6.69. The van der Waals surface area contributed by atoms with Crippen molar-refractivity contribution in [3.05, 3.63) is 61.4 Å². The second-order valence-corrected chi connectivity index (χ2v) is 12.4. The minimum absolute atomic E-state index is 0.208. The van der Waals surface area contributed by atoms with Crippen LogP contribution in [0.15, 0.2) is 61.4 Å². The van der Waals surface area contributed by atoms with Crippen LogP contribution in [0.1, 0.15) is 60.4 Å². The Morgan fingerprint density at radius 3 is 2.00 bits per heavy atom. The number of amides is 1.